The first-order valence-electron chi connectivity index (χ1n) is 2.26. The molecule has 0 aromatic heterocycles. The van der Waals surface area contributed by atoms with Crippen molar-refractivity contribution in [2.24, 2.45) is 5.73 Å². The standard InChI is InChI=1S/C5H10N2/c1-2-5(3-6)4-7/h3-4,6H,2,7H2,1H3/b5-4-,6-3?. The third-order valence-electron chi connectivity index (χ3n) is 0.808. The molecule has 0 atom stereocenters. The number of allylic oxidation sites excluding steroid dienone is 1. The Morgan fingerprint density at radius 3 is 2.43 bits per heavy atom. The SMILES string of the molecule is CC/C(C=N)=C/N. The predicted octanol–water partition coefficient (Wildman–Crippen LogP) is 0.889. The van der Waals surface area contributed by atoms with E-state index in [9.17, 15) is 0 Å². The zero-order chi connectivity index (χ0) is 5.70. The van der Waals surface area contributed by atoms with Crippen molar-refractivity contribution in [2.45, 2.75) is 13.3 Å². The van der Waals surface area contributed by atoms with Gasteiger partial charge in [-0.1, -0.05) is 6.92 Å². The van der Waals surface area contributed by atoms with Gasteiger partial charge in [-0.15, -0.1) is 0 Å². The minimum Gasteiger partial charge on any atom is -0.404 e. The fraction of sp³-hybridized carbons (Fsp3) is 0.400. The maximum Gasteiger partial charge on any atom is 0.0224 e. The molecule has 0 rings (SSSR count). The van der Waals surface area contributed by atoms with Crippen LogP contribution in [0.1, 0.15) is 13.3 Å². The molecule has 0 aliphatic rings. The van der Waals surface area contributed by atoms with Crippen LogP contribution < -0.4 is 5.73 Å². The van der Waals surface area contributed by atoms with Gasteiger partial charge < -0.3 is 11.1 Å². The third-order valence-corrected chi connectivity index (χ3v) is 0.808. The molecule has 2 heteroatoms. The van der Waals surface area contributed by atoms with Crippen LogP contribution in [0, 0.1) is 5.41 Å². The Bertz CT molecular complexity index is 84.1. The normalized spacial score (nSPS) is 11.3. The van der Waals surface area contributed by atoms with E-state index in [0.29, 0.717) is 0 Å². The molecule has 0 heterocycles. The number of nitrogens with one attached hydrogen (secondary N) is 1. The number of hydrogen-bond donors (Lipinski definition) is 2. The first kappa shape index (κ1) is 6.21. The highest BCUT2D eigenvalue weighted by molar-refractivity contribution is 5.75. The molecule has 0 aromatic carbocycles. The molecule has 0 saturated carbocycles. The van der Waals surface area contributed by atoms with Crippen LogP contribution in [0.15, 0.2) is 11.8 Å². The second kappa shape index (κ2) is 3.40. The summed E-state index contributed by atoms with van der Waals surface area (Å²) in [6.45, 7) is 1.96. The summed E-state index contributed by atoms with van der Waals surface area (Å²) < 4.78 is 0. The number of nitrogens with two attached hydrogens (primary N) is 1. The average molecular weight is 98.1 g/mol. The van der Waals surface area contributed by atoms with Crippen molar-refractivity contribution in [1.82, 2.24) is 0 Å². The molecule has 0 fully saturated rings. The fourth-order valence-electron chi connectivity index (χ4n) is 0.268. The van der Waals surface area contributed by atoms with E-state index in [-0.39, 0.29) is 0 Å². The van der Waals surface area contributed by atoms with Crippen LogP contribution in [-0.4, -0.2) is 6.21 Å². The monoisotopic (exact) mass is 98.1 g/mol. The highest BCUT2D eigenvalue weighted by Crippen LogP contribution is 1.89. The van der Waals surface area contributed by atoms with Crippen molar-refractivity contribution in [1.29, 1.82) is 5.41 Å². The second-order valence-corrected chi connectivity index (χ2v) is 1.24. The first-order valence-corrected chi connectivity index (χ1v) is 2.26. The molecule has 0 aliphatic carbocycles. The molecular formula is C5H10N2. The smallest absolute Gasteiger partial charge is 0.0224 e. The Hall–Kier alpha value is -0.790. The van der Waals surface area contributed by atoms with Gasteiger partial charge in [0.15, 0.2) is 0 Å². The van der Waals surface area contributed by atoms with Gasteiger partial charge in [-0.2, -0.15) is 0 Å². The molecular weight excluding hydrogens is 88.1 g/mol. The lowest BCUT2D eigenvalue weighted by atomic mass is 10.2. The van der Waals surface area contributed by atoms with E-state index in [1.165, 1.54) is 12.4 Å². The zero-order valence-electron chi connectivity index (χ0n) is 4.44. The van der Waals surface area contributed by atoms with Crippen LogP contribution in [-0.2, 0) is 0 Å². The topological polar surface area (TPSA) is 49.9 Å². The Morgan fingerprint density at radius 1 is 1.86 bits per heavy atom. The zero-order valence-corrected chi connectivity index (χ0v) is 4.44. The molecule has 0 unspecified atom stereocenters. The first-order chi connectivity index (χ1) is 3.35. The quantitative estimate of drug-likeness (QED) is 0.495. The summed E-state index contributed by atoms with van der Waals surface area (Å²) in [5.41, 5.74) is 5.96. The molecule has 0 saturated heterocycles. The Balaban J connectivity index is 3.60. The van der Waals surface area contributed by atoms with Gasteiger partial charge in [-0.3, -0.25) is 0 Å². The van der Waals surface area contributed by atoms with Crippen LogP contribution in [0.25, 0.3) is 0 Å². The van der Waals surface area contributed by atoms with Crippen LogP contribution in [0.5, 0.6) is 0 Å². The molecule has 0 amide bonds. The van der Waals surface area contributed by atoms with Gasteiger partial charge >= 0.3 is 0 Å². The van der Waals surface area contributed by atoms with Crippen molar-refractivity contribution in [3.63, 3.8) is 0 Å². The Labute approximate surface area is 43.5 Å². The van der Waals surface area contributed by atoms with Gasteiger partial charge in [0.2, 0.25) is 0 Å². The highest BCUT2D eigenvalue weighted by Gasteiger charge is 1.79. The van der Waals surface area contributed by atoms with Crippen molar-refractivity contribution < 1.29 is 0 Å². The molecule has 2 nitrogen and oxygen atoms in total. The molecule has 0 aliphatic heterocycles. The summed E-state index contributed by atoms with van der Waals surface area (Å²) in [5, 5.41) is 6.69. The van der Waals surface area contributed by atoms with Crippen LogP contribution in [0.4, 0.5) is 0 Å². The molecule has 0 spiro atoms. The van der Waals surface area contributed by atoms with Crippen molar-refractivity contribution in [2.75, 3.05) is 0 Å². The fourth-order valence-corrected chi connectivity index (χ4v) is 0.268. The van der Waals surface area contributed by atoms with Crippen LogP contribution >= 0.6 is 0 Å². The van der Waals surface area contributed by atoms with E-state index in [4.69, 9.17) is 11.1 Å². The van der Waals surface area contributed by atoms with Gasteiger partial charge in [-0.25, -0.2) is 0 Å². The summed E-state index contributed by atoms with van der Waals surface area (Å²) in [5.74, 6) is 0. The van der Waals surface area contributed by atoms with Gasteiger partial charge in [0, 0.05) is 6.21 Å². The third kappa shape index (κ3) is 1.98. The number of rotatable bonds is 2. The molecule has 40 valence electrons. The van der Waals surface area contributed by atoms with Crippen LogP contribution in [0.2, 0.25) is 0 Å². The summed E-state index contributed by atoms with van der Waals surface area (Å²) in [4.78, 5) is 0. The highest BCUT2D eigenvalue weighted by atomic mass is 14.5. The maximum atomic E-state index is 6.69. The van der Waals surface area contributed by atoms with E-state index in [1.54, 1.807) is 0 Å². The van der Waals surface area contributed by atoms with E-state index >= 15 is 0 Å². The molecule has 7 heavy (non-hydrogen) atoms. The Kier molecular flexibility index (Phi) is 3.02. The van der Waals surface area contributed by atoms with Crippen molar-refractivity contribution >= 4 is 6.21 Å². The lowest BCUT2D eigenvalue weighted by Gasteiger charge is -1.86. The van der Waals surface area contributed by atoms with Crippen LogP contribution in [0.3, 0.4) is 0 Å². The average Bonchev–Trinajstić information content (AvgIpc) is 1.72. The van der Waals surface area contributed by atoms with E-state index in [2.05, 4.69) is 0 Å². The Morgan fingerprint density at radius 2 is 2.43 bits per heavy atom. The molecule has 0 bridgehead atoms. The maximum absolute atomic E-state index is 6.69. The molecule has 0 aromatic rings. The number of hydrogen-bond acceptors (Lipinski definition) is 2. The lowest BCUT2D eigenvalue weighted by molar-refractivity contribution is 1.16. The van der Waals surface area contributed by atoms with Gasteiger partial charge in [0.1, 0.15) is 0 Å². The van der Waals surface area contributed by atoms with E-state index < -0.39 is 0 Å². The predicted molar refractivity (Wildman–Crippen MR) is 31.3 cm³/mol. The summed E-state index contributed by atoms with van der Waals surface area (Å²) in [7, 11) is 0. The van der Waals surface area contributed by atoms with Crippen molar-refractivity contribution in [3.8, 4) is 0 Å². The lowest BCUT2D eigenvalue weighted by Crippen LogP contribution is -1.86. The van der Waals surface area contributed by atoms with Gasteiger partial charge in [0.05, 0.1) is 0 Å². The van der Waals surface area contributed by atoms with E-state index in [1.807, 2.05) is 6.92 Å². The largest absolute Gasteiger partial charge is 0.404 e. The van der Waals surface area contributed by atoms with Gasteiger partial charge in [-0.05, 0) is 18.2 Å². The summed E-state index contributed by atoms with van der Waals surface area (Å²) >= 11 is 0. The van der Waals surface area contributed by atoms with Gasteiger partial charge in [0.25, 0.3) is 0 Å². The van der Waals surface area contributed by atoms with Crippen molar-refractivity contribution in [3.05, 3.63) is 11.8 Å². The second-order valence-electron chi connectivity index (χ2n) is 1.24. The molecule has 0 radical (unpaired) electrons. The minimum absolute atomic E-state index is 0.847. The molecule has 3 N–H and O–H groups in total. The van der Waals surface area contributed by atoms with E-state index in [0.717, 1.165) is 12.0 Å². The summed E-state index contributed by atoms with van der Waals surface area (Å²) in [6.07, 6.45) is 3.56. The minimum atomic E-state index is 0.847. The summed E-state index contributed by atoms with van der Waals surface area (Å²) in [6, 6.07) is 0.